The molecule has 5 heteroatoms. The van der Waals surface area contributed by atoms with E-state index < -0.39 is 12.1 Å². The van der Waals surface area contributed by atoms with Crippen LogP contribution in [0.4, 0.5) is 13.2 Å². The van der Waals surface area contributed by atoms with Gasteiger partial charge in [0.15, 0.2) is 5.92 Å². The lowest BCUT2D eigenvalue weighted by molar-refractivity contribution is -0.162. The zero-order valence-electron chi connectivity index (χ0n) is 8.93. The number of halogens is 3. The largest absolute Gasteiger partial charge is 0.405 e. The second kappa shape index (κ2) is 4.01. The number of nitriles is 1. The van der Waals surface area contributed by atoms with Crippen molar-refractivity contribution in [2.24, 2.45) is 11.3 Å². The van der Waals surface area contributed by atoms with Crippen LogP contribution in [0.5, 0.6) is 0 Å². The summed E-state index contributed by atoms with van der Waals surface area (Å²) >= 11 is 0. The summed E-state index contributed by atoms with van der Waals surface area (Å²) in [6.45, 7) is 5.16. The van der Waals surface area contributed by atoms with E-state index in [2.05, 4.69) is 0 Å². The molecule has 0 saturated carbocycles. The van der Waals surface area contributed by atoms with Crippen molar-refractivity contribution in [1.29, 1.82) is 5.26 Å². The highest BCUT2D eigenvalue weighted by molar-refractivity contribution is 4.93. The summed E-state index contributed by atoms with van der Waals surface area (Å²) in [5.74, 6) is -1.86. The maximum atomic E-state index is 12.3. The number of nitrogens with zero attached hydrogens (tertiary/aromatic N) is 2. The van der Waals surface area contributed by atoms with Crippen molar-refractivity contribution in [3.8, 4) is 6.07 Å². The molecular formula is C10H15F3N2. The molecule has 0 amide bonds. The predicted molar refractivity (Wildman–Crippen MR) is 50.0 cm³/mol. The second-order valence-corrected chi connectivity index (χ2v) is 4.87. The molecule has 1 rings (SSSR count). The lowest BCUT2D eigenvalue weighted by Crippen LogP contribution is -2.35. The van der Waals surface area contributed by atoms with Crippen LogP contribution < -0.4 is 0 Å². The molecule has 86 valence electrons. The molecule has 1 atom stereocenters. The molecule has 0 aliphatic carbocycles. The first kappa shape index (κ1) is 12.3. The minimum Gasteiger partial charge on any atom is -0.301 e. The van der Waals surface area contributed by atoms with Gasteiger partial charge in [-0.15, -0.1) is 0 Å². The Bertz CT molecular complexity index is 265. The average molecular weight is 220 g/mol. The van der Waals surface area contributed by atoms with E-state index >= 15 is 0 Å². The van der Waals surface area contributed by atoms with Crippen molar-refractivity contribution in [1.82, 2.24) is 4.90 Å². The topological polar surface area (TPSA) is 27.0 Å². The monoisotopic (exact) mass is 220 g/mol. The first-order valence-electron chi connectivity index (χ1n) is 4.93. The van der Waals surface area contributed by atoms with Crippen molar-refractivity contribution in [2.45, 2.75) is 26.4 Å². The number of hydrogen-bond donors (Lipinski definition) is 0. The predicted octanol–water partition coefficient (Wildman–Crippen LogP) is 2.42. The van der Waals surface area contributed by atoms with Crippen LogP contribution in [0.1, 0.15) is 20.3 Å². The van der Waals surface area contributed by atoms with Crippen molar-refractivity contribution >= 4 is 0 Å². The molecule has 2 nitrogen and oxygen atoms in total. The summed E-state index contributed by atoms with van der Waals surface area (Å²) in [7, 11) is 0. The Kier molecular flexibility index (Phi) is 3.29. The maximum Gasteiger partial charge on any atom is 0.405 e. The van der Waals surface area contributed by atoms with Gasteiger partial charge in [-0.2, -0.15) is 18.4 Å². The van der Waals surface area contributed by atoms with Crippen LogP contribution >= 0.6 is 0 Å². The van der Waals surface area contributed by atoms with Gasteiger partial charge < -0.3 is 4.90 Å². The summed E-state index contributed by atoms with van der Waals surface area (Å²) in [6, 6.07) is 1.33. The highest BCUT2D eigenvalue weighted by Gasteiger charge is 2.42. The Morgan fingerprint density at radius 3 is 2.40 bits per heavy atom. The van der Waals surface area contributed by atoms with Gasteiger partial charge in [0.25, 0.3) is 0 Å². The summed E-state index contributed by atoms with van der Waals surface area (Å²) in [6.07, 6.45) is -3.51. The Morgan fingerprint density at radius 1 is 1.47 bits per heavy atom. The van der Waals surface area contributed by atoms with E-state index in [4.69, 9.17) is 5.26 Å². The summed E-state index contributed by atoms with van der Waals surface area (Å²) in [5, 5.41) is 8.46. The van der Waals surface area contributed by atoms with Crippen LogP contribution in [0, 0.1) is 22.7 Å². The molecule has 15 heavy (non-hydrogen) atoms. The van der Waals surface area contributed by atoms with Crippen molar-refractivity contribution < 1.29 is 13.2 Å². The maximum absolute atomic E-state index is 12.3. The van der Waals surface area contributed by atoms with E-state index in [-0.39, 0.29) is 12.0 Å². The van der Waals surface area contributed by atoms with Gasteiger partial charge in [0.1, 0.15) is 0 Å². The lowest BCUT2D eigenvalue weighted by atomic mass is 9.93. The van der Waals surface area contributed by atoms with Gasteiger partial charge in [-0.05, 0) is 18.4 Å². The standard InChI is InChI=1S/C10H15F3N2/c1-9(2)3-4-15(7-9)6-8(5-14)10(11,12)13/h8H,3-4,6-7H2,1-2H3. The highest BCUT2D eigenvalue weighted by Crippen LogP contribution is 2.32. The molecule has 1 aliphatic heterocycles. The Morgan fingerprint density at radius 2 is 2.07 bits per heavy atom. The molecule has 1 aliphatic rings. The summed E-state index contributed by atoms with van der Waals surface area (Å²) in [4.78, 5) is 1.72. The molecule has 1 saturated heterocycles. The van der Waals surface area contributed by atoms with Crippen LogP contribution in [0.3, 0.4) is 0 Å². The third-order valence-corrected chi connectivity index (χ3v) is 2.75. The van der Waals surface area contributed by atoms with Crippen molar-refractivity contribution in [2.75, 3.05) is 19.6 Å². The molecule has 0 aromatic heterocycles. The van der Waals surface area contributed by atoms with E-state index in [0.29, 0.717) is 13.1 Å². The number of hydrogen-bond acceptors (Lipinski definition) is 2. The fourth-order valence-corrected chi connectivity index (χ4v) is 1.86. The zero-order chi connectivity index (χ0) is 11.7. The number of rotatable bonds is 2. The normalized spacial score (nSPS) is 23.7. The van der Waals surface area contributed by atoms with Crippen molar-refractivity contribution in [3.05, 3.63) is 0 Å². The highest BCUT2D eigenvalue weighted by atomic mass is 19.4. The molecule has 0 spiro atoms. The quantitative estimate of drug-likeness (QED) is 0.714. The second-order valence-electron chi connectivity index (χ2n) is 4.87. The molecule has 0 N–H and O–H groups in total. The molecule has 1 unspecified atom stereocenters. The van der Waals surface area contributed by atoms with Crippen LogP contribution in [0.15, 0.2) is 0 Å². The molecule has 1 heterocycles. The first-order valence-corrected chi connectivity index (χ1v) is 4.93. The van der Waals surface area contributed by atoms with E-state index in [1.807, 2.05) is 13.8 Å². The first-order chi connectivity index (χ1) is 6.74. The van der Waals surface area contributed by atoms with Crippen LogP contribution in [-0.2, 0) is 0 Å². The third kappa shape index (κ3) is 3.38. The van der Waals surface area contributed by atoms with Crippen LogP contribution in [0.25, 0.3) is 0 Å². The fourth-order valence-electron chi connectivity index (χ4n) is 1.86. The van der Waals surface area contributed by atoms with Gasteiger partial charge in [-0.25, -0.2) is 0 Å². The Hall–Kier alpha value is -0.760. The van der Waals surface area contributed by atoms with E-state index in [1.165, 1.54) is 6.07 Å². The summed E-state index contributed by atoms with van der Waals surface area (Å²) in [5.41, 5.74) is 0.0750. The third-order valence-electron chi connectivity index (χ3n) is 2.75. The number of likely N-dealkylation sites (tertiary alicyclic amines) is 1. The molecule has 0 radical (unpaired) electrons. The zero-order valence-corrected chi connectivity index (χ0v) is 8.93. The molecule has 1 fully saturated rings. The molecule has 0 aromatic rings. The van der Waals surface area contributed by atoms with E-state index in [0.717, 1.165) is 6.42 Å². The van der Waals surface area contributed by atoms with Gasteiger partial charge in [0.05, 0.1) is 6.07 Å². The van der Waals surface area contributed by atoms with Gasteiger partial charge in [0.2, 0.25) is 0 Å². The van der Waals surface area contributed by atoms with Crippen LogP contribution in [0.2, 0.25) is 0 Å². The van der Waals surface area contributed by atoms with Gasteiger partial charge in [-0.3, -0.25) is 0 Å². The fraction of sp³-hybridized carbons (Fsp3) is 0.900. The van der Waals surface area contributed by atoms with Crippen LogP contribution in [-0.4, -0.2) is 30.7 Å². The SMILES string of the molecule is CC1(C)CCN(CC(C#N)C(F)(F)F)C1. The smallest absolute Gasteiger partial charge is 0.301 e. The minimum atomic E-state index is -4.40. The van der Waals surface area contributed by atoms with Gasteiger partial charge in [-0.1, -0.05) is 13.8 Å². The van der Waals surface area contributed by atoms with E-state index in [1.54, 1.807) is 4.90 Å². The summed E-state index contributed by atoms with van der Waals surface area (Å²) < 4.78 is 37.0. The molecule has 0 aromatic carbocycles. The Labute approximate surface area is 87.7 Å². The van der Waals surface area contributed by atoms with E-state index in [9.17, 15) is 13.2 Å². The average Bonchev–Trinajstić information content (AvgIpc) is 2.39. The minimum absolute atomic E-state index is 0.0750. The molecule has 0 bridgehead atoms. The van der Waals surface area contributed by atoms with Gasteiger partial charge in [0, 0.05) is 13.1 Å². The lowest BCUT2D eigenvalue weighted by Gasteiger charge is -2.22. The van der Waals surface area contributed by atoms with Crippen molar-refractivity contribution in [3.63, 3.8) is 0 Å². The van der Waals surface area contributed by atoms with Gasteiger partial charge >= 0.3 is 6.18 Å². The molecular weight excluding hydrogens is 205 g/mol. The Balaban J connectivity index is 2.53. The number of alkyl halides is 3.